The van der Waals surface area contributed by atoms with Crippen molar-refractivity contribution in [2.24, 2.45) is 0 Å². The normalized spacial score (nSPS) is 10.2. The fourth-order valence-electron chi connectivity index (χ4n) is 1.50. The Morgan fingerprint density at radius 1 is 1.11 bits per heavy atom. The fourth-order valence-corrected chi connectivity index (χ4v) is 1.87. The summed E-state index contributed by atoms with van der Waals surface area (Å²) in [5.74, 6) is 0.506. The van der Waals surface area contributed by atoms with Crippen molar-refractivity contribution in [1.29, 1.82) is 0 Å². The molecule has 0 bridgehead atoms. The van der Waals surface area contributed by atoms with Crippen LogP contribution in [-0.2, 0) is 6.61 Å². The Labute approximate surface area is 119 Å². The molecule has 0 saturated carbocycles. The number of rotatable bonds is 4. The molecule has 2 aromatic carbocycles. The fraction of sp³-hybridized carbons (Fsp3) is 0.0769. The highest BCUT2D eigenvalue weighted by Gasteiger charge is 2.10. The maximum Gasteiger partial charge on any atom is 0.269 e. The highest BCUT2D eigenvalue weighted by molar-refractivity contribution is 6.32. The summed E-state index contributed by atoms with van der Waals surface area (Å²) in [5.41, 5.74) is 0.512. The summed E-state index contributed by atoms with van der Waals surface area (Å²) in [6.07, 6.45) is 0. The van der Waals surface area contributed by atoms with E-state index >= 15 is 0 Å². The third-order valence-corrected chi connectivity index (χ3v) is 3.14. The van der Waals surface area contributed by atoms with Crippen LogP contribution >= 0.6 is 23.2 Å². The molecular weight excluding hydrogens is 289 g/mol. The molecule has 4 nitrogen and oxygen atoms in total. The molecule has 0 unspecified atom stereocenters. The Morgan fingerprint density at radius 2 is 1.84 bits per heavy atom. The zero-order valence-electron chi connectivity index (χ0n) is 9.68. The number of halogens is 2. The van der Waals surface area contributed by atoms with Crippen LogP contribution in [0.2, 0.25) is 10.0 Å². The van der Waals surface area contributed by atoms with Crippen molar-refractivity contribution >= 4 is 28.9 Å². The smallest absolute Gasteiger partial charge is 0.269 e. The molecule has 19 heavy (non-hydrogen) atoms. The van der Waals surface area contributed by atoms with E-state index in [2.05, 4.69) is 0 Å². The number of nitro groups is 1. The van der Waals surface area contributed by atoms with E-state index in [9.17, 15) is 10.1 Å². The molecule has 0 aliphatic rings. The van der Waals surface area contributed by atoms with Crippen molar-refractivity contribution in [2.45, 2.75) is 6.61 Å². The number of hydrogen-bond acceptors (Lipinski definition) is 3. The predicted octanol–water partition coefficient (Wildman–Crippen LogP) is 4.48. The molecule has 0 radical (unpaired) electrons. The molecule has 0 aromatic heterocycles. The van der Waals surface area contributed by atoms with E-state index in [-0.39, 0.29) is 12.3 Å². The van der Waals surface area contributed by atoms with Gasteiger partial charge in [0.1, 0.15) is 12.4 Å². The van der Waals surface area contributed by atoms with Crippen LogP contribution in [0, 0.1) is 10.1 Å². The second kappa shape index (κ2) is 5.91. The summed E-state index contributed by atoms with van der Waals surface area (Å²) >= 11 is 11.9. The third-order valence-electron chi connectivity index (χ3n) is 2.46. The van der Waals surface area contributed by atoms with Gasteiger partial charge in [0, 0.05) is 22.7 Å². The molecule has 0 aliphatic carbocycles. The lowest BCUT2D eigenvalue weighted by Gasteiger charge is -2.08. The van der Waals surface area contributed by atoms with Gasteiger partial charge in [-0.1, -0.05) is 35.3 Å². The first-order valence-corrected chi connectivity index (χ1v) is 6.13. The Kier molecular flexibility index (Phi) is 4.24. The molecule has 0 amide bonds. The average Bonchev–Trinajstić information content (AvgIpc) is 2.39. The summed E-state index contributed by atoms with van der Waals surface area (Å²) < 4.78 is 5.50. The first-order chi connectivity index (χ1) is 9.08. The number of nitrogens with zero attached hydrogens (tertiary/aromatic N) is 1. The molecule has 0 N–H and O–H groups in total. The van der Waals surface area contributed by atoms with Gasteiger partial charge >= 0.3 is 0 Å². The predicted molar refractivity (Wildman–Crippen MR) is 73.9 cm³/mol. The molecular formula is C13H9Cl2NO3. The number of para-hydroxylation sites is 1. The molecule has 0 spiro atoms. The van der Waals surface area contributed by atoms with Crippen LogP contribution in [0.15, 0.2) is 42.5 Å². The van der Waals surface area contributed by atoms with Gasteiger partial charge in [-0.25, -0.2) is 0 Å². The molecule has 0 atom stereocenters. The maximum atomic E-state index is 10.7. The molecule has 2 rings (SSSR count). The first kappa shape index (κ1) is 13.6. The van der Waals surface area contributed by atoms with Crippen LogP contribution in [-0.4, -0.2) is 4.92 Å². The van der Waals surface area contributed by atoms with E-state index in [1.54, 1.807) is 24.3 Å². The van der Waals surface area contributed by atoms with E-state index in [0.717, 1.165) is 0 Å². The highest BCUT2D eigenvalue weighted by Crippen LogP contribution is 2.27. The largest absolute Gasteiger partial charge is 0.487 e. The lowest BCUT2D eigenvalue weighted by atomic mass is 10.2. The van der Waals surface area contributed by atoms with Gasteiger partial charge in [0.15, 0.2) is 0 Å². The Balaban J connectivity index is 2.17. The van der Waals surface area contributed by atoms with Crippen molar-refractivity contribution in [3.05, 3.63) is 68.2 Å². The van der Waals surface area contributed by atoms with E-state index in [1.165, 1.54) is 18.2 Å². The number of hydrogen-bond donors (Lipinski definition) is 0. The van der Waals surface area contributed by atoms with Crippen molar-refractivity contribution in [1.82, 2.24) is 0 Å². The molecule has 0 saturated heterocycles. The second-order valence-electron chi connectivity index (χ2n) is 3.75. The minimum Gasteiger partial charge on any atom is -0.487 e. The second-order valence-corrected chi connectivity index (χ2v) is 4.57. The summed E-state index contributed by atoms with van der Waals surface area (Å²) in [4.78, 5) is 10.2. The summed E-state index contributed by atoms with van der Waals surface area (Å²) in [6, 6.07) is 11.2. The average molecular weight is 298 g/mol. The molecule has 2 aromatic rings. The van der Waals surface area contributed by atoms with Crippen LogP contribution < -0.4 is 4.74 Å². The third kappa shape index (κ3) is 3.36. The lowest BCUT2D eigenvalue weighted by Crippen LogP contribution is -1.98. The number of nitro benzene ring substituents is 1. The van der Waals surface area contributed by atoms with Crippen LogP contribution in [0.3, 0.4) is 0 Å². The van der Waals surface area contributed by atoms with Crippen LogP contribution in [0.1, 0.15) is 5.56 Å². The number of ether oxygens (including phenoxy) is 1. The summed E-state index contributed by atoms with van der Waals surface area (Å²) in [6.45, 7) is 0.115. The van der Waals surface area contributed by atoms with Crippen LogP contribution in [0.4, 0.5) is 5.69 Å². The van der Waals surface area contributed by atoms with Gasteiger partial charge in [-0.05, 0) is 18.2 Å². The molecule has 0 aliphatic heterocycles. The molecule has 0 heterocycles. The van der Waals surface area contributed by atoms with E-state index < -0.39 is 4.92 Å². The van der Waals surface area contributed by atoms with E-state index in [4.69, 9.17) is 27.9 Å². The lowest BCUT2D eigenvalue weighted by molar-refractivity contribution is -0.384. The van der Waals surface area contributed by atoms with Crippen molar-refractivity contribution in [3.8, 4) is 5.75 Å². The maximum absolute atomic E-state index is 10.7. The van der Waals surface area contributed by atoms with Gasteiger partial charge < -0.3 is 4.74 Å². The SMILES string of the molecule is O=[N+]([O-])c1ccc(Cl)c(COc2ccccc2Cl)c1. The van der Waals surface area contributed by atoms with Gasteiger partial charge in [-0.15, -0.1) is 0 Å². The number of non-ortho nitro benzene ring substituents is 1. The quantitative estimate of drug-likeness (QED) is 0.617. The summed E-state index contributed by atoms with van der Waals surface area (Å²) in [7, 11) is 0. The molecule has 98 valence electrons. The van der Waals surface area contributed by atoms with Crippen molar-refractivity contribution < 1.29 is 9.66 Å². The minimum absolute atomic E-state index is 0.0258. The summed E-state index contributed by atoms with van der Waals surface area (Å²) in [5, 5.41) is 11.6. The standard InChI is InChI=1S/C13H9Cl2NO3/c14-11-6-5-10(16(17)18)7-9(11)8-19-13-4-2-1-3-12(13)15/h1-7H,8H2. The van der Waals surface area contributed by atoms with E-state index in [0.29, 0.717) is 21.4 Å². The minimum atomic E-state index is -0.477. The van der Waals surface area contributed by atoms with Gasteiger partial charge in [-0.3, -0.25) is 10.1 Å². The topological polar surface area (TPSA) is 52.4 Å². The van der Waals surface area contributed by atoms with Gasteiger partial charge in [0.25, 0.3) is 5.69 Å². The Bertz CT molecular complexity index is 617. The van der Waals surface area contributed by atoms with Crippen molar-refractivity contribution in [3.63, 3.8) is 0 Å². The van der Waals surface area contributed by atoms with Crippen LogP contribution in [0.25, 0.3) is 0 Å². The first-order valence-electron chi connectivity index (χ1n) is 5.38. The zero-order valence-corrected chi connectivity index (χ0v) is 11.2. The Hall–Kier alpha value is -1.78. The monoisotopic (exact) mass is 297 g/mol. The zero-order chi connectivity index (χ0) is 13.8. The Morgan fingerprint density at radius 3 is 2.53 bits per heavy atom. The van der Waals surface area contributed by atoms with Gasteiger partial charge in [0.05, 0.1) is 9.95 Å². The number of benzene rings is 2. The van der Waals surface area contributed by atoms with Gasteiger partial charge in [0.2, 0.25) is 0 Å². The molecule has 0 fully saturated rings. The van der Waals surface area contributed by atoms with Crippen molar-refractivity contribution in [2.75, 3.05) is 0 Å². The van der Waals surface area contributed by atoms with E-state index in [1.807, 2.05) is 0 Å². The molecule has 6 heteroatoms. The highest BCUT2D eigenvalue weighted by atomic mass is 35.5. The van der Waals surface area contributed by atoms with Crippen LogP contribution in [0.5, 0.6) is 5.75 Å². The van der Waals surface area contributed by atoms with Gasteiger partial charge in [-0.2, -0.15) is 0 Å².